The first-order valence-corrected chi connectivity index (χ1v) is 16.4. The molecule has 1 aromatic heterocycles. The Labute approximate surface area is 266 Å². The van der Waals surface area contributed by atoms with Crippen LogP contribution in [0.5, 0.6) is 0 Å². The molecule has 4 N–H and O–H groups in total. The maximum absolute atomic E-state index is 13.4. The molecule has 2 unspecified atom stereocenters. The Morgan fingerprint density at radius 1 is 1.09 bits per heavy atom. The molecule has 14 heteroatoms. The maximum atomic E-state index is 13.4. The van der Waals surface area contributed by atoms with Crippen LogP contribution in [0.15, 0.2) is 87.0 Å². The van der Waals surface area contributed by atoms with Crippen molar-refractivity contribution in [2.75, 3.05) is 19.6 Å². The number of carboxylic acids is 1. The molecule has 0 aliphatic carbocycles. The zero-order valence-electron chi connectivity index (χ0n) is 25.6. The average Bonchev–Trinajstić information content (AvgIpc) is 3.45. The molecule has 1 aliphatic rings. The molecule has 5 rings (SSSR count). The van der Waals surface area contributed by atoms with E-state index >= 15 is 0 Å². The van der Waals surface area contributed by atoms with Gasteiger partial charge in [-0.2, -0.15) is 20.0 Å². The van der Waals surface area contributed by atoms with E-state index in [1.54, 1.807) is 50.4 Å². The van der Waals surface area contributed by atoms with E-state index in [4.69, 9.17) is 0 Å². The third-order valence-corrected chi connectivity index (χ3v) is 9.24. The number of rotatable bonds is 13. The van der Waals surface area contributed by atoms with Gasteiger partial charge in [-0.3, -0.25) is 24.6 Å². The number of fused-ring (bicyclic) bond motifs is 1. The summed E-state index contributed by atoms with van der Waals surface area (Å²) in [6.07, 6.45) is 4.76. The van der Waals surface area contributed by atoms with Gasteiger partial charge in [0.05, 0.1) is 23.2 Å². The number of aliphatic carboxylic acids is 1. The molecule has 0 bridgehead atoms. The van der Waals surface area contributed by atoms with Gasteiger partial charge in [0.1, 0.15) is 6.04 Å². The highest BCUT2D eigenvalue weighted by Crippen LogP contribution is 2.28. The fraction of sp³-hybridized carbons (Fsp3) is 0.312. The second-order valence-electron chi connectivity index (χ2n) is 11.0. The molecule has 1 amide bonds. The Morgan fingerprint density at radius 2 is 1.85 bits per heavy atom. The summed E-state index contributed by atoms with van der Waals surface area (Å²) in [7, 11) is -4.24. The number of aryl methyl sites for hydroxylation is 3. The first-order chi connectivity index (χ1) is 22.1. The van der Waals surface area contributed by atoms with Crippen molar-refractivity contribution in [3.05, 3.63) is 83.6 Å². The van der Waals surface area contributed by atoms with Gasteiger partial charge in [-0.05, 0) is 67.1 Å². The molecule has 3 aromatic carbocycles. The van der Waals surface area contributed by atoms with Crippen molar-refractivity contribution in [1.29, 1.82) is 0 Å². The van der Waals surface area contributed by atoms with Gasteiger partial charge in [-0.25, -0.2) is 8.42 Å². The summed E-state index contributed by atoms with van der Waals surface area (Å²) in [6.45, 7) is 4.82. The summed E-state index contributed by atoms with van der Waals surface area (Å²) >= 11 is 0. The quantitative estimate of drug-likeness (QED) is 0.127. The van der Waals surface area contributed by atoms with E-state index < -0.39 is 34.5 Å². The molecule has 13 nitrogen and oxygen atoms in total. The van der Waals surface area contributed by atoms with Gasteiger partial charge in [0, 0.05) is 36.8 Å². The predicted molar refractivity (Wildman–Crippen MR) is 174 cm³/mol. The summed E-state index contributed by atoms with van der Waals surface area (Å²) in [5, 5.41) is 29.0. The Hall–Kier alpha value is -4.79. The molecule has 2 atom stereocenters. The Balaban J connectivity index is 1.19. The molecule has 0 saturated heterocycles. The predicted octanol–water partition coefficient (Wildman–Crippen LogP) is 3.67. The van der Waals surface area contributed by atoms with Gasteiger partial charge >= 0.3 is 5.97 Å². The second-order valence-corrected chi connectivity index (χ2v) is 12.6. The molecule has 0 fully saturated rings. The standard InChI is InChI=1S/C32H36N8O5S/c1-21-16-25(23-8-4-3-5-9-23)17-22(2)29(21)46(44,45)39-27(31(42)43)20-35-30(41)24-10-11-28-26(18-24)19-37-40(28)15-7-14-36-38-32-33-12-6-13-34-32/h3-5,8-12,16-19,27,32,34,39H,6-7,13-15,20H2,1-2H3,(H,35,41)(H,42,43). The van der Waals surface area contributed by atoms with Gasteiger partial charge in [0.15, 0.2) is 0 Å². The Bertz CT molecular complexity index is 1870. The zero-order chi connectivity index (χ0) is 32.7. The van der Waals surface area contributed by atoms with Crippen molar-refractivity contribution >= 4 is 39.0 Å². The number of sulfonamides is 1. The van der Waals surface area contributed by atoms with Crippen LogP contribution in [0.4, 0.5) is 0 Å². The number of amides is 1. The van der Waals surface area contributed by atoms with Gasteiger partial charge in [-0.15, -0.1) is 0 Å². The average molecular weight is 645 g/mol. The van der Waals surface area contributed by atoms with Crippen LogP contribution in [0.25, 0.3) is 22.0 Å². The van der Waals surface area contributed by atoms with Crippen LogP contribution in [0.1, 0.15) is 34.3 Å². The third kappa shape index (κ3) is 7.88. The summed E-state index contributed by atoms with van der Waals surface area (Å²) in [6, 6.07) is 16.5. The van der Waals surface area contributed by atoms with E-state index in [1.807, 2.05) is 41.2 Å². The lowest BCUT2D eigenvalue weighted by Crippen LogP contribution is -2.48. The first-order valence-electron chi connectivity index (χ1n) is 14.9. The fourth-order valence-electron chi connectivity index (χ4n) is 5.30. The van der Waals surface area contributed by atoms with Crippen LogP contribution in [0.2, 0.25) is 0 Å². The van der Waals surface area contributed by atoms with E-state index in [-0.39, 0.29) is 16.7 Å². The first kappa shape index (κ1) is 32.6. The van der Waals surface area contributed by atoms with E-state index in [9.17, 15) is 23.1 Å². The normalized spacial score (nSPS) is 15.7. The number of nitrogens with one attached hydrogen (secondary N) is 3. The summed E-state index contributed by atoms with van der Waals surface area (Å²) in [5.41, 5.74) is 3.85. The molecule has 0 saturated carbocycles. The highest BCUT2D eigenvalue weighted by atomic mass is 32.2. The van der Waals surface area contributed by atoms with E-state index in [2.05, 4.69) is 35.7 Å². The van der Waals surface area contributed by atoms with E-state index in [0.29, 0.717) is 30.6 Å². The van der Waals surface area contributed by atoms with Crippen LogP contribution >= 0.6 is 0 Å². The molecule has 46 heavy (non-hydrogen) atoms. The number of azo groups is 1. The third-order valence-electron chi connectivity index (χ3n) is 7.47. The molecular formula is C32H36N8O5S. The topological polar surface area (TPSA) is 180 Å². The van der Waals surface area contributed by atoms with E-state index in [0.717, 1.165) is 35.0 Å². The van der Waals surface area contributed by atoms with Crippen molar-refractivity contribution in [1.82, 2.24) is 25.1 Å². The van der Waals surface area contributed by atoms with Crippen molar-refractivity contribution in [3.63, 3.8) is 0 Å². The molecule has 0 spiro atoms. The number of carbonyl (C=O) groups is 2. The number of hydrogen-bond donors (Lipinski definition) is 4. The minimum absolute atomic E-state index is 0.00526. The number of aromatic nitrogens is 2. The maximum Gasteiger partial charge on any atom is 0.323 e. The number of hydrogen-bond acceptors (Lipinski definition) is 9. The van der Waals surface area contributed by atoms with Crippen LogP contribution in [-0.2, 0) is 21.4 Å². The smallest absolute Gasteiger partial charge is 0.323 e. The van der Waals surface area contributed by atoms with Crippen LogP contribution in [-0.4, -0.2) is 73.4 Å². The summed E-state index contributed by atoms with van der Waals surface area (Å²) in [5.74, 6) is -1.96. The zero-order valence-corrected chi connectivity index (χ0v) is 26.4. The number of carbonyl (C=O) groups excluding carboxylic acids is 1. The minimum Gasteiger partial charge on any atom is -0.480 e. The summed E-state index contributed by atoms with van der Waals surface area (Å²) < 4.78 is 30.8. The molecule has 2 heterocycles. The molecule has 4 aromatic rings. The molecule has 1 aliphatic heterocycles. The van der Waals surface area contributed by atoms with Crippen LogP contribution < -0.4 is 15.4 Å². The molecule has 0 radical (unpaired) electrons. The second kappa shape index (κ2) is 14.5. The lowest BCUT2D eigenvalue weighted by molar-refractivity contribution is -0.138. The lowest BCUT2D eigenvalue weighted by Gasteiger charge is -2.19. The largest absolute Gasteiger partial charge is 0.480 e. The highest BCUT2D eigenvalue weighted by Gasteiger charge is 2.28. The van der Waals surface area contributed by atoms with Crippen molar-refractivity contribution in [2.24, 2.45) is 15.2 Å². The fourth-order valence-corrected chi connectivity index (χ4v) is 6.94. The van der Waals surface area contributed by atoms with Crippen molar-refractivity contribution in [3.8, 4) is 11.1 Å². The van der Waals surface area contributed by atoms with Crippen molar-refractivity contribution < 1.29 is 23.1 Å². The number of aliphatic imine (C=N–C) groups is 1. The number of benzene rings is 3. The number of carboxylic acid groups (broad SMARTS) is 1. The van der Waals surface area contributed by atoms with Crippen LogP contribution in [0.3, 0.4) is 0 Å². The lowest BCUT2D eigenvalue weighted by atomic mass is 10.0. The van der Waals surface area contributed by atoms with E-state index in [1.165, 1.54) is 0 Å². The Morgan fingerprint density at radius 3 is 2.54 bits per heavy atom. The molecular weight excluding hydrogens is 608 g/mol. The molecule has 240 valence electrons. The van der Waals surface area contributed by atoms with Gasteiger partial charge in [0.25, 0.3) is 5.91 Å². The monoisotopic (exact) mass is 644 g/mol. The van der Waals surface area contributed by atoms with Crippen molar-refractivity contribution in [2.45, 2.75) is 50.5 Å². The summed E-state index contributed by atoms with van der Waals surface area (Å²) in [4.78, 5) is 29.2. The van der Waals surface area contributed by atoms with Gasteiger partial charge in [0.2, 0.25) is 16.3 Å². The number of nitrogens with zero attached hydrogens (tertiary/aromatic N) is 5. The highest BCUT2D eigenvalue weighted by molar-refractivity contribution is 7.89. The van der Waals surface area contributed by atoms with Crippen LogP contribution in [0, 0.1) is 13.8 Å². The SMILES string of the molecule is Cc1cc(-c2ccccc2)cc(C)c1S(=O)(=O)NC(CNC(=O)c1ccc2c(cnn2CCCN=NC2N=CCCN2)c1)C(=O)O. The van der Waals surface area contributed by atoms with Gasteiger partial charge in [-0.1, -0.05) is 42.5 Å². The Kier molecular flexibility index (Phi) is 10.3. The minimum atomic E-state index is -4.24. The van der Waals surface area contributed by atoms with Gasteiger partial charge < -0.3 is 10.4 Å².